The molecule has 5 nitrogen and oxygen atoms in total. The Bertz CT molecular complexity index is 1020. The molecule has 0 atom stereocenters. The minimum Gasteiger partial charge on any atom is -0.399 e. The number of fused-ring (bicyclic) bond motifs is 1. The molecule has 0 saturated carbocycles. The summed E-state index contributed by atoms with van der Waals surface area (Å²) in [6.07, 6.45) is 1.69. The number of nitrogen functional groups attached to an aromatic ring is 1. The summed E-state index contributed by atoms with van der Waals surface area (Å²) < 4.78 is 27.6. The minimum absolute atomic E-state index is 0.0398. The zero-order valence-corrected chi connectivity index (χ0v) is 14.2. The number of hydrogen-bond donors (Lipinski definition) is 2. The van der Waals surface area contributed by atoms with Crippen molar-refractivity contribution >= 4 is 23.1 Å². The fourth-order valence-electron chi connectivity index (χ4n) is 3.03. The van der Waals surface area contributed by atoms with Gasteiger partial charge >= 0.3 is 0 Å². The second kappa shape index (κ2) is 6.68. The van der Waals surface area contributed by atoms with Gasteiger partial charge in [0, 0.05) is 23.0 Å². The van der Waals surface area contributed by atoms with Gasteiger partial charge < -0.3 is 16.0 Å². The van der Waals surface area contributed by atoms with Crippen molar-refractivity contribution in [3.05, 3.63) is 71.9 Å². The van der Waals surface area contributed by atoms with E-state index in [1.807, 2.05) is 12.1 Å². The molecular weight excluding hydrogens is 350 g/mol. The molecule has 4 rings (SSSR count). The van der Waals surface area contributed by atoms with Crippen LogP contribution in [0.25, 0.3) is 11.1 Å². The minimum atomic E-state index is -0.563. The number of aromatic nitrogens is 1. The van der Waals surface area contributed by atoms with E-state index in [0.29, 0.717) is 17.2 Å². The highest BCUT2D eigenvalue weighted by Crippen LogP contribution is 2.33. The van der Waals surface area contributed by atoms with Crippen molar-refractivity contribution in [2.75, 3.05) is 22.5 Å². The van der Waals surface area contributed by atoms with Gasteiger partial charge in [-0.2, -0.15) is 0 Å². The summed E-state index contributed by atoms with van der Waals surface area (Å²) in [5, 5.41) is 2.95. The molecule has 0 unspecified atom stereocenters. The first-order valence-electron chi connectivity index (χ1n) is 8.35. The van der Waals surface area contributed by atoms with E-state index in [1.165, 1.54) is 4.90 Å². The maximum atomic E-state index is 14.1. The Hall–Kier alpha value is -3.48. The predicted molar refractivity (Wildman–Crippen MR) is 100 cm³/mol. The highest BCUT2D eigenvalue weighted by molar-refractivity contribution is 6.02. The molecule has 2 aromatic carbocycles. The van der Waals surface area contributed by atoms with E-state index >= 15 is 0 Å². The van der Waals surface area contributed by atoms with Crippen LogP contribution in [0.1, 0.15) is 5.56 Å². The zero-order chi connectivity index (χ0) is 19.0. The van der Waals surface area contributed by atoms with E-state index in [4.69, 9.17) is 5.73 Å². The maximum Gasteiger partial charge on any atom is 0.246 e. The van der Waals surface area contributed by atoms with Crippen LogP contribution in [0, 0.1) is 11.6 Å². The van der Waals surface area contributed by atoms with Crippen LogP contribution in [-0.2, 0) is 11.3 Å². The van der Waals surface area contributed by atoms with Gasteiger partial charge in [0.25, 0.3) is 0 Å². The summed E-state index contributed by atoms with van der Waals surface area (Å²) in [4.78, 5) is 18.2. The fourth-order valence-corrected chi connectivity index (χ4v) is 3.03. The first-order chi connectivity index (χ1) is 13.0. The molecule has 0 spiro atoms. The lowest BCUT2D eigenvalue weighted by atomic mass is 10.1. The molecule has 0 bridgehead atoms. The first-order valence-corrected chi connectivity index (χ1v) is 8.35. The van der Waals surface area contributed by atoms with Gasteiger partial charge in [0.15, 0.2) is 5.82 Å². The van der Waals surface area contributed by atoms with E-state index in [2.05, 4.69) is 10.3 Å². The molecule has 3 N–H and O–H groups in total. The number of benzene rings is 2. The second-order valence-electron chi connectivity index (χ2n) is 6.28. The smallest absolute Gasteiger partial charge is 0.246 e. The van der Waals surface area contributed by atoms with E-state index in [-0.39, 0.29) is 24.6 Å². The summed E-state index contributed by atoms with van der Waals surface area (Å²) in [5.41, 5.74) is 8.66. The van der Waals surface area contributed by atoms with Crippen molar-refractivity contribution in [3.8, 4) is 11.1 Å². The maximum absolute atomic E-state index is 14.1. The molecule has 27 heavy (non-hydrogen) atoms. The van der Waals surface area contributed by atoms with Gasteiger partial charge in [0.1, 0.15) is 11.6 Å². The van der Waals surface area contributed by atoms with Crippen molar-refractivity contribution in [3.63, 3.8) is 0 Å². The molecule has 0 saturated heterocycles. The van der Waals surface area contributed by atoms with Crippen LogP contribution in [0.2, 0.25) is 0 Å². The Morgan fingerprint density at radius 3 is 2.63 bits per heavy atom. The van der Waals surface area contributed by atoms with Crippen molar-refractivity contribution in [2.24, 2.45) is 0 Å². The Kier molecular flexibility index (Phi) is 4.19. The van der Waals surface area contributed by atoms with Crippen LogP contribution in [0.5, 0.6) is 0 Å². The topological polar surface area (TPSA) is 71.2 Å². The van der Waals surface area contributed by atoms with Gasteiger partial charge in [-0.1, -0.05) is 12.1 Å². The van der Waals surface area contributed by atoms with Crippen LogP contribution in [0.3, 0.4) is 0 Å². The molecule has 2 heterocycles. The number of anilines is 3. The summed E-state index contributed by atoms with van der Waals surface area (Å²) in [6, 6.07) is 12.3. The van der Waals surface area contributed by atoms with Crippen molar-refractivity contribution in [1.29, 1.82) is 0 Å². The number of halogens is 2. The molecule has 0 radical (unpaired) electrons. The fraction of sp³-hybridized carbons (Fsp3) is 0.100. The second-order valence-corrected chi connectivity index (χ2v) is 6.28. The summed E-state index contributed by atoms with van der Waals surface area (Å²) in [6.45, 7) is -0.0396. The average molecular weight is 366 g/mol. The van der Waals surface area contributed by atoms with Crippen molar-refractivity contribution < 1.29 is 13.6 Å². The van der Waals surface area contributed by atoms with Crippen molar-refractivity contribution in [2.45, 2.75) is 6.54 Å². The van der Waals surface area contributed by atoms with E-state index in [1.54, 1.807) is 24.4 Å². The van der Waals surface area contributed by atoms with Crippen LogP contribution < -0.4 is 16.0 Å². The number of carbonyl (C=O) groups excluding carboxylic acids is 1. The Morgan fingerprint density at radius 2 is 1.85 bits per heavy atom. The van der Waals surface area contributed by atoms with Crippen LogP contribution in [0.15, 0.2) is 54.7 Å². The zero-order valence-electron chi connectivity index (χ0n) is 14.2. The lowest BCUT2D eigenvalue weighted by Crippen LogP contribution is -2.40. The number of carbonyl (C=O) groups is 1. The molecule has 1 aliphatic rings. The highest BCUT2D eigenvalue weighted by atomic mass is 19.1. The monoisotopic (exact) mass is 366 g/mol. The van der Waals surface area contributed by atoms with E-state index in [0.717, 1.165) is 29.3 Å². The SMILES string of the molecule is Nc1ccc(-c2cnc3c(c2)N(Cc2cc(F)ccc2F)C(=O)CN3)cc1. The van der Waals surface area contributed by atoms with Gasteiger partial charge in [-0.15, -0.1) is 0 Å². The molecule has 136 valence electrons. The standard InChI is InChI=1S/C20H16F2N4O/c21-15-3-6-17(22)14(7-15)11-26-18-8-13(12-1-4-16(23)5-2-12)9-24-20(18)25-10-19(26)27/h1-9H,10-11,23H2,(H,24,25). The van der Waals surface area contributed by atoms with Crippen LogP contribution in [0.4, 0.5) is 26.0 Å². The number of hydrogen-bond acceptors (Lipinski definition) is 4. The molecule has 7 heteroatoms. The number of nitrogens with zero attached hydrogens (tertiary/aromatic N) is 2. The van der Waals surface area contributed by atoms with Gasteiger partial charge in [-0.3, -0.25) is 4.79 Å². The molecule has 1 aromatic heterocycles. The molecule has 1 aliphatic heterocycles. The Labute approximate surface area is 154 Å². The van der Waals surface area contributed by atoms with Gasteiger partial charge in [-0.25, -0.2) is 13.8 Å². The van der Waals surface area contributed by atoms with E-state index < -0.39 is 11.6 Å². The molecular formula is C20H16F2N4O. The normalized spacial score (nSPS) is 13.3. The largest absolute Gasteiger partial charge is 0.399 e. The summed E-state index contributed by atoms with van der Waals surface area (Å²) >= 11 is 0. The van der Waals surface area contributed by atoms with Gasteiger partial charge in [0.05, 0.1) is 18.8 Å². The number of nitrogens with two attached hydrogens (primary N) is 1. The van der Waals surface area contributed by atoms with E-state index in [9.17, 15) is 13.6 Å². The third kappa shape index (κ3) is 3.31. The third-order valence-electron chi connectivity index (χ3n) is 4.45. The lowest BCUT2D eigenvalue weighted by molar-refractivity contribution is -0.117. The van der Waals surface area contributed by atoms with Crippen LogP contribution >= 0.6 is 0 Å². The summed E-state index contributed by atoms with van der Waals surface area (Å²) in [7, 11) is 0. The Balaban J connectivity index is 1.74. The van der Waals surface area contributed by atoms with Gasteiger partial charge in [-0.05, 0) is 42.0 Å². The molecule has 0 fully saturated rings. The highest BCUT2D eigenvalue weighted by Gasteiger charge is 2.26. The lowest BCUT2D eigenvalue weighted by Gasteiger charge is -2.30. The Morgan fingerprint density at radius 1 is 1.07 bits per heavy atom. The number of rotatable bonds is 3. The first kappa shape index (κ1) is 17.0. The molecule has 1 amide bonds. The molecule has 0 aliphatic carbocycles. The summed E-state index contributed by atoms with van der Waals surface area (Å²) in [5.74, 6) is -0.845. The van der Waals surface area contributed by atoms with Gasteiger partial charge in [0.2, 0.25) is 5.91 Å². The molecule has 3 aromatic rings. The quantitative estimate of drug-likeness (QED) is 0.695. The average Bonchev–Trinajstić information content (AvgIpc) is 2.67. The van der Waals surface area contributed by atoms with Crippen LogP contribution in [-0.4, -0.2) is 17.4 Å². The van der Waals surface area contributed by atoms with Crippen molar-refractivity contribution in [1.82, 2.24) is 4.98 Å². The predicted octanol–water partition coefficient (Wildman–Crippen LogP) is 3.57. The number of pyridine rings is 1. The number of nitrogens with one attached hydrogen (secondary N) is 1. The number of amides is 1. The third-order valence-corrected chi connectivity index (χ3v) is 4.45.